The van der Waals surface area contributed by atoms with Gasteiger partial charge in [-0.05, 0) is 43.3 Å². The average Bonchev–Trinajstić information content (AvgIpc) is 3.12. The Morgan fingerprint density at radius 2 is 2.00 bits per heavy atom. The van der Waals surface area contributed by atoms with Gasteiger partial charge in [-0.2, -0.15) is 10.4 Å². The second-order valence-corrected chi connectivity index (χ2v) is 6.61. The van der Waals surface area contributed by atoms with Crippen molar-refractivity contribution < 1.29 is 14.3 Å². The number of nitrogen functional groups attached to an aromatic ring is 1. The van der Waals surface area contributed by atoms with Crippen LogP contribution in [-0.4, -0.2) is 27.7 Å². The van der Waals surface area contributed by atoms with E-state index in [4.69, 9.17) is 27.3 Å². The number of nitriles is 1. The van der Waals surface area contributed by atoms with Crippen molar-refractivity contribution in [3.63, 3.8) is 0 Å². The molecule has 152 valence electrons. The lowest BCUT2D eigenvalue weighted by Crippen LogP contribution is -2.47. The van der Waals surface area contributed by atoms with Gasteiger partial charge in [0.05, 0.1) is 11.9 Å². The third kappa shape index (κ3) is 4.68. The number of benzene rings is 2. The minimum absolute atomic E-state index is 0.162. The molecule has 0 aliphatic heterocycles. The number of halogens is 1. The highest BCUT2D eigenvalue weighted by molar-refractivity contribution is 6.30. The van der Waals surface area contributed by atoms with Crippen LogP contribution in [0.1, 0.15) is 22.8 Å². The van der Waals surface area contributed by atoms with Gasteiger partial charge in [-0.15, -0.1) is 0 Å². The Bertz CT molecular complexity index is 1140. The van der Waals surface area contributed by atoms with Crippen molar-refractivity contribution >= 4 is 29.2 Å². The lowest BCUT2D eigenvalue weighted by molar-refractivity contribution is -0.128. The van der Waals surface area contributed by atoms with E-state index >= 15 is 0 Å². The third-order valence-electron chi connectivity index (χ3n) is 4.06. The number of hydrogen-bond donors (Lipinski definition) is 3. The molecule has 0 radical (unpaired) electrons. The molecule has 0 spiro atoms. The number of rotatable bonds is 5. The summed E-state index contributed by atoms with van der Waals surface area (Å²) >= 11 is 5.89. The molecule has 1 atom stereocenters. The van der Waals surface area contributed by atoms with Crippen LogP contribution in [0.2, 0.25) is 5.02 Å². The summed E-state index contributed by atoms with van der Waals surface area (Å²) in [7, 11) is 0. The first-order valence-electron chi connectivity index (χ1n) is 8.75. The predicted molar refractivity (Wildman–Crippen MR) is 110 cm³/mol. The molecule has 1 aromatic heterocycles. The maximum absolute atomic E-state index is 12.4. The van der Waals surface area contributed by atoms with E-state index in [9.17, 15) is 9.59 Å². The van der Waals surface area contributed by atoms with E-state index in [1.54, 1.807) is 42.5 Å². The normalized spacial score (nSPS) is 11.2. The molecule has 0 bridgehead atoms. The second kappa shape index (κ2) is 8.98. The average molecular weight is 425 g/mol. The van der Waals surface area contributed by atoms with Gasteiger partial charge in [-0.1, -0.05) is 23.7 Å². The highest BCUT2D eigenvalue weighted by Crippen LogP contribution is 2.19. The molecule has 0 saturated heterocycles. The zero-order chi connectivity index (χ0) is 21.7. The van der Waals surface area contributed by atoms with Crippen LogP contribution in [0.15, 0.2) is 54.7 Å². The summed E-state index contributed by atoms with van der Waals surface area (Å²) in [4.78, 5) is 24.6. The molecule has 4 N–H and O–H groups in total. The van der Waals surface area contributed by atoms with Crippen molar-refractivity contribution in [2.45, 2.75) is 13.0 Å². The molecule has 9 nitrogen and oxygen atoms in total. The summed E-state index contributed by atoms with van der Waals surface area (Å²) in [6.07, 6.45) is 0.465. The Morgan fingerprint density at radius 1 is 1.23 bits per heavy atom. The number of hydrogen-bond acceptors (Lipinski definition) is 6. The number of nitrogens with zero attached hydrogens (tertiary/aromatic N) is 3. The van der Waals surface area contributed by atoms with E-state index in [2.05, 4.69) is 16.0 Å². The fraction of sp³-hybridized carbons (Fsp3) is 0.100. The Balaban J connectivity index is 1.62. The third-order valence-corrected chi connectivity index (χ3v) is 4.29. The number of carbonyl (C=O) groups is 2. The standard InChI is InChI=1S/C20H17ClN6O3/c1-12(30-17-7-3-5-15(21)9-17)19(28)25-26-20(29)13-4-2-6-16(8-13)27-18(23)14(10-22)11-24-27/h2-9,11-12H,23H2,1H3,(H,25,28)(H,26,29). The molecule has 2 amide bonds. The zero-order valence-corrected chi connectivity index (χ0v) is 16.6. The highest BCUT2D eigenvalue weighted by atomic mass is 35.5. The maximum atomic E-state index is 12.4. The lowest BCUT2D eigenvalue weighted by atomic mass is 10.2. The molecule has 0 saturated carbocycles. The topological polar surface area (TPSA) is 135 Å². The van der Waals surface area contributed by atoms with Crippen LogP contribution < -0.4 is 21.3 Å². The predicted octanol–water partition coefficient (Wildman–Crippen LogP) is 2.21. The Morgan fingerprint density at radius 3 is 2.70 bits per heavy atom. The fourth-order valence-electron chi connectivity index (χ4n) is 2.52. The first-order valence-corrected chi connectivity index (χ1v) is 9.13. The van der Waals surface area contributed by atoms with E-state index in [1.807, 2.05) is 6.07 Å². The van der Waals surface area contributed by atoms with Crippen LogP contribution in [-0.2, 0) is 4.79 Å². The second-order valence-electron chi connectivity index (χ2n) is 6.18. The molecule has 3 aromatic rings. The zero-order valence-electron chi connectivity index (χ0n) is 15.8. The monoisotopic (exact) mass is 424 g/mol. The first-order chi connectivity index (χ1) is 14.4. The molecule has 30 heavy (non-hydrogen) atoms. The molecule has 1 unspecified atom stereocenters. The largest absolute Gasteiger partial charge is 0.481 e. The van der Waals surface area contributed by atoms with Gasteiger partial charge in [0.2, 0.25) is 0 Å². The number of amides is 2. The minimum atomic E-state index is -0.872. The molecule has 1 heterocycles. The summed E-state index contributed by atoms with van der Waals surface area (Å²) in [5.41, 5.74) is 11.5. The first kappa shape index (κ1) is 20.7. The van der Waals surface area contributed by atoms with Crippen molar-refractivity contribution in [2.24, 2.45) is 0 Å². The maximum Gasteiger partial charge on any atom is 0.279 e. The van der Waals surface area contributed by atoms with Crippen molar-refractivity contribution in [1.82, 2.24) is 20.6 Å². The molecular weight excluding hydrogens is 408 g/mol. The summed E-state index contributed by atoms with van der Waals surface area (Å²) < 4.78 is 6.84. The van der Waals surface area contributed by atoms with Crippen LogP contribution in [0.25, 0.3) is 5.69 Å². The van der Waals surface area contributed by atoms with Crippen LogP contribution >= 0.6 is 11.6 Å². The molecule has 3 rings (SSSR count). The van der Waals surface area contributed by atoms with Gasteiger partial charge in [-0.25, -0.2) is 4.68 Å². The number of nitrogens with two attached hydrogens (primary N) is 1. The summed E-state index contributed by atoms with van der Waals surface area (Å²) in [6, 6.07) is 15.0. The smallest absolute Gasteiger partial charge is 0.279 e. The van der Waals surface area contributed by atoms with Gasteiger partial charge in [0, 0.05) is 10.6 Å². The van der Waals surface area contributed by atoms with Gasteiger partial charge in [0.15, 0.2) is 6.10 Å². The summed E-state index contributed by atoms with van der Waals surface area (Å²) in [5.74, 6) is -0.506. The Hall–Kier alpha value is -4.03. The van der Waals surface area contributed by atoms with Crippen molar-refractivity contribution in [3.05, 3.63) is 70.9 Å². The molecular formula is C20H17ClN6O3. The van der Waals surface area contributed by atoms with Crippen LogP contribution in [0, 0.1) is 11.3 Å². The van der Waals surface area contributed by atoms with Gasteiger partial charge in [-0.3, -0.25) is 20.4 Å². The number of carbonyl (C=O) groups excluding carboxylic acids is 2. The Labute approximate surface area is 177 Å². The lowest BCUT2D eigenvalue weighted by Gasteiger charge is -2.15. The van der Waals surface area contributed by atoms with Gasteiger partial charge in [0.25, 0.3) is 11.8 Å². The minimum Gasteiger partial charge on any atom is -0.481 e. The van der Waals surface area contributed by atoms with Crippen molar-refractivity contribution in [1.29, 1.82) is 5.26 Å². The van der Waals surface area contributed by atoms with Crippen LogP contribution in [0.3, 0.4) is 0 Å². The SMILES string of the molecule is CC(Oc1cccc(Cl)c1)C(=O)NNC(=O)c1cccc(-n2ncc(C#N)c2N)c1. The number of nitrogens with one attached hydrogen (secondary N) is 2. The van der Waals surface area contributed by atoms with E-state index < -0.39 is 17.9 Å². The summed E-state index contributed by atoms with van der Waals surface area (Å²) in [5, 5.41) is 13.5. The molecule has 10 heteroatoms. The van der Waals surface area contributed by atoms with Crippen LogP contribution in [0.5, 0.6) is 5.75 Å². The molecule has 0 aliphatic rings. The van der Waals surface area contributed by atoms with Crippen LogP contribution in [0.4, 0.5) is 5.82 Å². The fourth-order valence-corrected chi connectivity index (χ4v) is 2.70. The molecule has 0 fully saturated rings. The van der Waals surface area contributed by atoms with E-state index in [0.29, 0.717) is 16.5 Å². The highest BCUT2D eigenvalue weighted by Gasteiger charge is 2.17. The van der Waals surface area contributed by atoms with E-state index in [1.165, 1.54) is 23.9 Å². The van der Waals surface area contributed by atoms with Crippen molar-refractivity contribution in [3.8, 4) is 17.5 Å². The van der Waals surface area contributed by atoms with Gasteiger partial charge >= 0.3 is 0 Å². The van der Waals surface area contributed by atoms with Crippen molar-refractivity contribution in [2.75, 3.05) is 5.73 Å². The number of ether oxygens (including phenoxy) is 1. The number of hydrazine groups is 1. The van der Waals surface area contributed by atoms with Gasteiger partial charge < -0.3 is 10.5 Å². The van der Waals surface area contributed by atoms with E-state index in [0.717, 1.165) is 0 Å². The molecule has 2 aromatic carbocycles. The number of aromatic nitrogens is 2. The quantitative estimate of drug-likeness (QED) is 0.537. The molecule has 0 aliphatic carbocycles. The van der Waals surface area contributed by atoms with Gasteiger partial charge in [0.1, 0.15) is 23.2 Å². The Kier molecular flexibility index (Phi) is 6.20. The number of anilines is 1. The van der Waals surface area contributed by atoms with E-state index in [-0.39, 0.29) is 16.9 Å². The summed E-state index contributed by atoms with van der Waals surface area (Å²) in [6.45, 7) is 1.54.